The van der Waals surface area contributed by atoms with Gasteiger partial charge < -0.3 is 4.90 Å². The first-order valence-corrected chi connectivity index (χ1v) is 12.2. The van der Waals surface area contributed by atoms with Gasteiger partial charge in [-0.1, -0.05) is 37.0 Å². The highest BCUT2D eigenvalue weighted by atomic mass is 32.2. The van der Waals surface area contributed by atoms with Crippen LogP contribution in [0.15, 0.2) is 52.5 Å². The molecule has 30 heavy (non-hydrogen) atoms. The fourth-order valence-corrected chi connectivity index (χ4v) is 5.60. The first-order valence-electron chi connectivity index (χ1n) is 10.8. The van der Waals surface area contributed by atoms with Crippen molar-refractivity contribution in [3.63, 3.8) is 0 Å². The predicted octanol–water partition coefficient (Wildman–Crippen LogP) is 3.31. The molecule has 0 atom stereocenters. The molecule has 0 unspecified atom stereocenters. The Morgan fingerprint density at radius 1 is 0.933 bits per heavy atom. The molecule has 1 aliphatic carbocycles. The number of pyridine rings is 1. The van der Waals surface area contributed by atoms with Crippen LogP contribution in [0.25, 0.3) is 0 Å². The second-order valence-electron chi connectivity index (χ2n) is 8.32. The number of aryl methyl sites for hydroxylation is 1. The van der Waals surface area contributed by atoms with E-state index in [1.165, 1.54) is 44.4 Å². The number of benzene rings is 1. The molecule has 4 rings (SSSR count). The van der Waals surface area contributed by atoms with Crippen LogP contribution in [-0.2, 0) is 9.84 Å². The van der Waals surface area contributed by atoms with Gasteiger partial charge in [0.1, 0.15) is 0 Å². The van der Waals surface area contributed by atoms with Gasteiger partial charge in [0.25, 0.3) is 5.91 Å². The smallest absolute Gasteiger partial charge is 0.255 e. The molecule has 7 heteroatoms. The van der Waals surface area contributed by atoms with E-state index in [9.17, 15) is 13.2 Å². The third-order valence-electron chi connectivity index (χ3n) is 6.28. The minimum atomic E-state index is -3.69. The van der Waals surface area contributed by atoms with Gasteiger partial charge in [0.2, 0.25) is 9.84 Å². The summed E-state index contributed by atoms with van der Waals surface area (Å²) in [6, 6.07) is 10.4. The lowest BCUT2D eigenvalue weighted by atomic mass is 9.94. The van der Waals surface area contributed by atoms with E-state index in [0.717, 1.165) is 18.7 Å². The highest BCUT2D eigenvalue weighted by Crippen LogP contribution is 2.24. The van der Waals surface area contributed by atoms with Gasteiger partial charge in [0.05, 0.1) is 10.5 Å². The Hall–Kier alpha value is -2.25. The number of sulfone groups is 1. The third kappa shape index (κ3) is 4.42. The Balaban J connectivity index is 1.40. The number of aromatic nitrogens is 1. The lowest BCUT2D eigenvalue weighted by Crippen LogP contribution is -2.52. The second-order valence-corrected chi connectivity index (χ2v) is 10.2. The summed E-state index contributed by atoms with van der Waals surface area (Å²) >= 11 is 0. The van der Waals surface area contributed by atoms with E-state index in [1.54, 1.807) is 30.3 Å². The summed E-state index contributed by atoms with van der Waals surface area (Å²) in [5.41, 5.74) is 1.43. The molecule has 1 saturated heterocycles. The van der Waals surface area contributed by atoms with Crippen LogP contribution in [0.4, 0.5) is 0 Å². The van der Waals surface area contributed by atoms with Crippen LogP contribution in [0, 0.1) is 6.92 Å². The van der Waals surface area contributed by atoms with Crippen molar-refractivity contribution in [2.45, 2.75) is 55.0 Å². The molecular weight excluding hydrogens is 398 g/mol. The van der Waals surface area contributed by atoms with E-state index in [1.807, 2.05) is 11.8 Å². The van der Waals surface area contributed by atoms with Crippen LogP contribution in [0.2, 0.25) is 0 Å². The Morgan fingerprint density at radius 2 is 1.60 bits per heavy atom. The van der Waals surface area contributed by atoms with Gasteiger partial charge in [-0.25, -0.2) is 13.4 Å². The molecule has 2 fully saturated rings. The average Bonchev–Trinajstić information content (AvgIpc) is 2.80. The number of piperazine rings is 1. The largest absolute Gasteiger partial charge is 0.336 e. The minimum Gasteiger partial charge on any atom is -0.336 e. The molecule has 0 spiro atoms. The van der Waals surface area contributed by atoms with Gasteiger partial charge in [-0.3, -0.25) is 9.69 Å². The van der Waals surface area contributed by atoms with Crippen molar-refractivity contribution in [2.24, 2.45) is 0 Å². The Bertz CT molecular complexity index is 973. The molecule has 1 aromatic carbocycles. The van der Waals surface area contributed by atoms with E-state index in [4.69, 9.17) is 0 Å². The van der Waals surface area contributed by atoms with Gasteiger partial charge >= 0.3 is 0 Å². The summed E-state index contributed by atoms with van der Waals surface area (Å²) in [4.78, 5) is 21.6. The lowest BCUT2D eigenvalue weighted by molar-refractivity contribution is 0.0523. The van der Waals surface area contributed by atoms with E-state index in [2.05, 4.69) is 9.88 Å². The summed E-state index contributed by atoms with van der Waals surface area (Å²) in [5.74, 6) is -0.0786. The highest BCUT2D eigenvalue weighted by molar-refractivity contribution is 7.91. The number of amides is 1. The Kier molecular flexibility index (Phi) is 6.20. The van der Waals surface area contributed by atoms with Crippen LogP contribution in [0.3, 0.4) is 0 Å². The third-order valence-corrected chi connectivity index (χ3v) is 7.97. The highest BCUT2D eigenvalue weighted by Gasteiger charge is 2.28. The lowest BCUT2D eigenvalue weighted by Gasteiger charge is -2.40. The molecule has 1 saturated carbocycles. The minimum absolute atomic E-state index is 0.0370. The molecule has 0 N–H and O–H groups in total. The van der Waals surface area contributed by atoms with Gasteiger partial charge in [-0.2, -0.15) is 0 Å². The topological polar surface area (TPSA) is 70.6 Å². The van der Waals surface area contributed by atoms with E-state index >= 15 is 0 Å². The monoisotopic (exact) mass is 427 g/mol. The molecular formula is C23H29N3O3S. The van der Waals surface area contributed by atoms with Gasteiger partial charge in [0.15, 0.2) is 5.03 Å². The van der Waals surface area contributed by atoms with E-state index < -0.39 is 9.84 Å². The quantitative estimate of drug-likeness (QED) is 0.749. The van der Waals surface area contributed by atoms with Crippen LogP contribution in [0.1, 0.15) is 48.0 Å². The van der Waals surface area contributed by atoms with Crippen molar-refractivity contribution in [3.8, 4) is 0 Å². The van der Waals surface area contributed by atoms with E-state index in [0.29, 0.717) is 24.7 Å². The van der Waals surface area contributed by atoms with Crippen molar-refractivity contribution in [1.82, 2.24) is 14.8 Å². The molecule has 0 radical (unpaired) electrons. The molecule has 2 heterocycles. The summed E-state index contributed by atoms with van der Waals surface area (Å²) in [7, 11) is -3.69. The Labute approximate surface area is 178 Å². The van der Waals surface area contributed by atoms with Crippen molar-refractivity contribution in [1.29, 1.82) is 0 Å². The van der Waals surface area contributed by atoms with Crippen molar-refractivity contribution >= 4 is 15.7 Å². The zero-order valence-corrected chi connectivity index (χ0v) is 18.3. The predicted molar refractivity (Wildman–Crippen MR) is 115 cm³/mol. The number of hydrogen-bond donors (Lipinski definition) is 0. The van der Waals surface area contributed by atoms with Crippen molar-refractivity contribution in [2.75, 3.05) is 26.2 Å². The normalized spacial score (nSPS) is 19.0. The van der Waals surface area contributed by atoms with E-state index in [-0.39, 0.29) is 15.8 Å². The molecule has 1 aromatic heterocycles. The Morgan fingerprint density at radius 3 is 2.20 bits per heavy atom. The maximum absolute atomic E-state index is 12.9. The fraction of sp³-hybridized carbons (Fsp3) is 0.478. The summed E-state index contributed by atoms with van der Waals surface area (Å²) < 4.78 is 25.5. The maximum Gasteiger partial charge on any atom is 0.255 e. The van der Waals surface area contributed by atoms with Crippen molar-refractivity contribution < 1.29 is 13.2 Å². The fourth-order valence-electron chi connectivity index (χ4n) is 4.42. The van der Waals surface area contributed by atoms with Gasteiger partial charge in [-0.15, -0.1) is 0 Å². The molecule has 1 amide bonds. The van der Waals surface area contributed by atoms with Gasteiger partial charge in [0, 0.05) is 38.4 Å². The molecule has 2 aromatic rings. The zero-order chi connectivity index (χ0) is 21.1. The number of carbonyl (C=O) groups excluding carboxylic acids is 1. The number of nitrogens with zero attached hydrogens (tertiary/aromatic N) is 3. The summed E-state index contributed by atoms with van der Waals surface area (Å²) in [6.45, 7) is 5.13. The van der Waals surface area contributed by atoms with Gasteiger partial charge in [-0.05, 0) is 44.0 Å². The first kappa shape index (κ1) is 21.0. The van der Waals surface area contributed by atoms with Crippen LogP contribution >= 0.6 is 0 Å². The number of rotatable bonds is 4. The zero-order valence-electron chi connectivity index (χ0n) is 17.5. The molecule has 0 bridgehead atoms. The first-order chi connectivity index (χ1) is 14.4. The van der Waals surface area contributed by atoms with Crippen LogP contribution in [0.5, 0.6) is 0 Å². The van der Waals surface area contributed by atoms with Crippen LogP contribution in [-0.4, -0.2) is 61.3 Å². The number of carbonyl (C=O) groups is 1. The standard InChI is InChI=1S/C23H29N3O3S/c1-18-7-10-21(11-8-18)30(28,29)22-12-9-19(17-24-22)23(27)26-15-13-25(14-16-26)20-5-3-2-4-6-20/h7-12,17,20H,2-6,13-16H2,1H3. The molecule has 6 nitrogen and oxygen atoms in total. The maximum atomic E-state index is 12.9. The van der Waals surface area contributed by atoms with Crippen LogP contribution < -0.4 is 0 Å². The second kappa shape index (κ2) is 8.86. The number of hydrogen-bond acceptors (Lipinski definition) is 5. The molecule has 2 aliphatic rings. The SMILES string of the molecule is Cc1ccc(S(=O)(=O)c2ccc(C(=O)N3CCN(C4CCCCC4)CC3)cn2)cc1. The van der Waals surface area contributed by atoms with Crippen molar-refractivity contribution in [3.05, 3.63) is 53.7 Å². The molecule has 160 valence electrons. The summed E-state index contributed by atoms with van der Waals surface area (Å²) in [6.07, 6.45) is 7.90. The average molecular weight is 428 g/mol. The molecule has 1 aliphatic heterocycles. The summed E-state index contributed by atoms with van der Waals surface area (Å²) in [5, 5.41) is -0.0370.